The van der Waals surface area contributed by atoms with Gasteiger partial charge in [-0.15, -0.1) is 0 Å². The standard InChI is InChI=1S/C12H26N2S/c1-10(2)8-15-9-12(14-13)7-11-5-3-4-6-11/h10-12,14H,3-9,13H2,1-2H3. The molecular formula is C12H26N2S. The van der Waals surface area contributed by atoms with Crippen LogP contribution in [0.15, 0.2) is 0 Å². The van der Waals surface area contributed by atoms with E-state index in [2.05, 4.69) is 19.3 Å². The maximum atomic E-state index is 5.60. The smallest absolute Gasteiger partial charge is 0.0303 e. The van der Waals surface area contributed by atoms with E-state index in [4.69, 9.17) is 5.84 Å². The average Bonchev–Trinajstić information content (AvgIpc) is 2.68. The maximum Gasteiger partial charge on any atom is 0.0303 e. The Bertz CT molecular complexity index is 156. The molecule has 0 aliphatic heterocycles. The number of hydrogen-bond donors (Lipinski definition) is 2. The van der Waals surface area contributed by atoms with Crippen LogP contribution in [0.25, 0.3) is 0 Å². The topological polar surface area (TPSA) is 38.0 Å². The molecule has 0 spiro atoms. The molecule has 1 aliphatic carbocycles. The summed E-state index contributed by atoms with van der Waals surface area (Å²) < 4.78 is 0. The van der Waals surface area contributed by atoms with E-state index in [1.54, 1.807) is 0 Å². The summed E-state index contributed by atoms with van der Waals surface area (Å²) in [7, 11) is 0. The number of thioether (sulfide) groups is 1. The molecular weight excluding hydrogens is 204 g/mol. The van der Waals surface area contributed by atoms with Crippen molar-refractivity contribution in [3.63, 3.8) is 0 Å². The van der Waals surface area contributed by atoms with Crippen LogP contribution in [0, 0.1) is 11.8 Å². The number of nitrogens with one attached hydrogen (secondary N) is 1. The van der Waals surface area contributed by atoms with Crippen molar-refractivity contribution in [1.29, 1.82) is 0 Å². The third-order valence-electron chi connectivity index (χ3n) is 3.10. The summed E-state index contributed by atoms with van der Waals surface area (Å²) >= 11 is 2.03. The molecule has 0 heterocycles. The van der Waals surface area contributed by atoms with Gasteiger partial charge in [0.15, 0.2) is 0 Å². The summed E-state index contributed by atoms with van der Waals surface area (Å²) in [5.41, 5.74) is 2.98. The first-order chi connectivity index (χ1) is 7.22. The molecule has 3 heteroatoms. The van der Waals surface area contributed by atoms with E-state index in [1.165, 1.54) is 43.6 Å². The zero-order valence-corrected chi connectivity index (χ0v) is 11.0. The molecule has 1 atom stereocenters. The molecule has 90 valence electrons. The van der Waals surface area contributed by atoms with Crippen LogP contribution in [0.3, 0.4) is 0 Å². The van der Waals surface area contributed by atoms with Crippen LogP contribution >= 0.6 is 11.8 Å². The van der Waals surface area contributed by atoms with Crippen LogP contribution in [0.1, 0.15) is 46.0 Å². The van der Waals surface area contributed by atoms with E-state index in [1.807, 2.05) is 11.8 Å². The SMILES string of the molecule is CC(C)CSCC(CC1CCCC1)NN. The second kappa shape index (κ2) is 7.53. The van der Waals surface area contributed by atoms with Gasteiger partial charge in [-0.1, -0.05) is 39.5 Å². The quantitative estimate of drug-likeness (QED) is 0.522. The zero-order valence-electron chi connectivity index (χ0n) is 10.2. The minimum absolute atomic E-state index is 0.525. The molecule has 15 heavy (non-hydrogen) atoms. The lowest BCUT2D eigenvalue weighted by Crippen LogP contribution is -2.38. The zero-order chi connectivity index (χ0) is 11.1. The Morgan fingerprint density at radius 2 is 1.93 bits per heavy atom. The Hall–Kier alpha value is 0.270. The first kappa shape index (κ1) is 13.3. The second-order valence-corrected chi connectivity index (χ2v) is 6.26. The molecule has 1 unspecified atom stereocenters. The molecule has 0 radical (unpaired) electrons. The number of hydrazine groups is 1. The fraction of sp³-hybridized carbons (Fsp3) is 1.00. The second-order valence-electron chi connectivity index (χ2n) is 5.18. The monoisotopic (exact) mass is 230 g/mol. The van der Waals surface area contributed by atoms with Gasteiger partial charge in [0.2, 0.25) is 0 Å². The summed E-state index contributed by atoms with van der Waals surface area (Å²) in [6.45, 7) is 4.55. The van der Waals surface area contributed by atoms with E-state index in [-0.39, 0.29) is 0 Å². The van der Waals surface area contributed by atoms with Crippen molar-refractivity contribution in [2.75, 3.05) is 11.5 Å². The van der Waals surface area contributed by atoms with Gasteiger partial charge in [-0.05, 0) is 24.0 Å². The van der Waals surface area contributed by atoms with Gasteiger partial charge in [0.1, 0.15) is 0 Å². The molecule has 0 saturated heterocycles. The molecule has 0 bridgehead atoms. The van der Waals surface area contributed by atoms with Crippen LogP contribution in [0.4, 0.5) is 0 Å². The highest BCUT2D eigenvalue weighted by Gasteiger charge is 2.19. The van der Waals surface area contributed by atoms with E-state index in [0.717, 1.165) is 11.8 Å². The Kier molecular flexibility index (Phi) is 6.69. The summed E-state index contributed by atoms with van der Waals surface area (Å²) in [5.74, 6) is 9.76. The summed E-state index contributed by atoms with van der Waals surface area (Å²) in [6.07, 6.45) is 6.99. The summed E-state index contributed by atoms with van der Waals surface area (Å²) in [4.78, 5) is 0. The van der Waals surface area contributed by atoms with Gasteiger partial charge in [-0.25, -0.2) is 0 Å². The first-order valence-corrected chi connectivity index (χ1v) is 7.41. The van der Waals surface area contributed by atoms with E-state index < -0.39 is 0 Å². The normalized spacial score (nSPS) is 20.0. The Morgan fingerprint density at radius 3 is 2.47 bits per heavy atom. The number of nitrogens with two attached hydrogens (primary N) is 1. The van der Waals surface area contributed by atoms with Crippen molar-refractivity contribution < 1.29 is 0 Å². The van der Waals surface area contributed by atoms with Gasteiger partial charge >= 0.3 is 0 Å². The minimum atomic E-state index is 0.525. The van der Waals surface area contributed by atoms with Crippen LogP contribution < -0.4 is 11.3 Å². The fourth-order valence-corrected chi connectivity index (χ4v) is 3.40. The van der Waals surface area contributed by atoms with Gasteiger partial charge in [0.05, 0.1) is 0 Å². The predicted octanol–water partition coefficient (Wildman–Crippen LogP) is 2.79. The molecule has 0 aromatic carbocycles. The average molecular weight is 230 g/mol. The van der Waals surface area contributed by atoms with Crippen LogP contribution in [-0.2, 0) is 0 Å². The predicted molar refractivity (Wildman–Crippen MR) is 69.8 cm³/mol. The van der Waals surface area contributed by atoms with Crippen LogP contribution in [0.2, 0.25) is 0 Å². The lowest BCUT2D eigenvalue weighted by atomic mass is 10.00. The lowest BCUT2D eigenvalue weighted by Gasteiger charge is -2.19. The van der Waals surface area contributed by atoms with Crippen molar-refractivity contribution in [3.8, 4) is 0 Å². The van der Waals surface area contributed by atoms with E-state index in [0.29, 0.717) is 6.04 Å². The van der Waals surface area contributed by atoms with Gasteiger partial charge in [-0.2, -0.15) is 11.8 Å². The third-order valence-corrected chi connectivity index (χ3v) is 4.64. The molecule has 3 N–H and O–H groups in total. The molecule has 1 rings (SSSR count). The highest BCUT2D eigenvalue weighted by Crippen LogP contribution is 2.29. The summed E-state index contributed by atoms with van der Waals surface area (Å²) in [5, 5.41) is 0. The van der Waals surface area contributed by atoms with Crippen LogP contribution in [-0.4, -0.2) is 17.5 Å². The molecule has 1 fully saturated rings. The fourth-order valence-electron chi connectivity index (χ4n) is 2.28. The first-order valence-electron chi connectivity index (χ1n) is 6.26. The minimum Gasteiger partial charge on any atom is -0.271 e. The summed E-state index contributed by atoms with van der Waals surface area (Å²) in [6, 6.07) is 0.525. The molecule has 0 aromatic heterocycles. The van der Waals surface area contributed by atoms with Crippen molar-refractivity contribution in [2.45, 2.75) is 52.0 Å². The van der Waals surface area contributed by atoms with Crippen LogP contribution in [0.5, 0.6) is 0 Å². The van der Waals surface area contributed by atoms with Crippen molar-refractivity contribution in [1.82, 2.24) is 5.43 Å². The van der Waals surface area contributed by atoms with Crippen molar-refractivity contribution in [3.05, 3.63) is 0 Å². The van der Waals surface area contributed by atoms with Gasteiger partial charge in [-0.3, -0.25) is 11.3 Å². The third kappa shape index (κ3) is 5.79. The lowest BCUT2D eigenvalue weighted by molar-refractivity contribution is 0.415. The van der Waals surface area contributed by atoms with E-state index >= 15 is 0 Å². The van der Waals surface area contributed by atoms with Crippen molar-refractivity contribution in [2.24, 2.45) is 17.7 Å². The van der Waals surface area contributed by atoms with Gasteiger partial charge in [0, 0.05) is 11.8 Å². The molecule has 2 nitrogen and oxygen atoms in total. The number of rotatable bonds is 7. The Balaban J connectivity index is 2.11. The Morgan fingerprint density at radius 1 is 1.27 bits per heavy atom. The number of hydrogen-bond acceptors (Lipinski definition) is 3. The van der Waals surface area contributed by atoms with Gasteiger partial charge < -0.3 is 0 Å². The highest BCUT2D eigenvalue weighted by molar-refractivity contribution is 7.99. The van der Waals surface area contributed by atoms with Crippen molar-refractivity contribution >= 4 is 11.8 Å². The molecule has 0 aromatic rings. The largest absolute Gasteiger partial charge is 0.271 e. The van der Waals surface area contributed by atoms with Gasteiger partial charge in [0.25, 0.3) is 0 Å². The molecule has 0 amide bonds. The Labute approximate surface area is 98.7 Å². The van der Waals surface area contributed by atoms with E-state index in [9.17, 15) is 0 Å². The molecule has 1 aliphatic rings. The maximum absolute atomic E-state index is 5.60. The highest BCUT2D eigenvalue weighted by atomic mass is 32.2. The molecule has 1 saturated carbocycles.